The average Bonchev–Trinajstić information content (AvgIpc) is 3.15. The molecule has 3 rings (SSSR count). The lowest BCUT2D eigenvalue weighted by Gasteiger charge is -2.07. The summed E-state index contributed by atoms with van der Waals surface area (Å²) in [6, 6.07) is 12.4. The highest BCUT2D eigenvalue weighted by molar-refractivity contribution is 7.91. The molecular formula is C21H22N2O4S2. The molecule has 8 heteroatoms. The second-order valence-electron chi connectivity index (χ2n) is 6.67. The molecule has 1 heterocycles. The Morgan fingerprint density at radius 3 is 2.48 bits per heavy atom. The molecule has 0 aliphatic heterocycles. The molecule has 1 aromatic heterocycles. The Kier molecular flexibility index (Phi) is 6.34. The van der Waals surface area contributed by atoms with Crippen molar-refractivity contribution in [2.75, 3.05) is 18.2 Å². The van der Waals surface area contributed by atoms with E-state index in [9.17, 15) is 13.2 Å². The molecule has 1 amide bonds. The van der Waals surface area contributed by atoms with Gasteiger partial charge in [-0.1, -0.05) is 29.3 Å². The SMILES string of the molecule is COc1ccc(C)cc1-c1csc(NC(=O)CCS(=O)(=O)c2ccc(C)cc2)n1. The van der Waals surface area contributed by atoms with Gasteiger partial charge in [-0.2, -0.15) is 0 Å². The molecule has 0 unspecified atom stereocenters. The van der Waals surface area contributed by atoms with E-state index in [1.54, 1.807) is 31.4 Å². The Labute approximate surface area is 174 Å². The third kappa shape index (κ3) is 5.21. The van der Waals surface area contributed by atoms with Crippen molar-refractivity contribution >= 4 is 32.2 Å². The Morgan fingerprint density at radius 1 is 1.10 bits per heavy atom. The molecule has 0 atom stereocenters. The molecule has 152 valence electrons. The highest BCUT2D eigenvalue weighted by atomic mass is 32.2. The molecule has 0 bridgehead atoms. The molecular weight excluding hydrogens is 408 g/mol. The molecule has 0 spiro atoms. The van der Waals surface area contributed by atoms with Crippen molar-refractivity contribution in [2.45, 2.75) is 25.2 Å². The Morgan fingerprint density at radius 2 is 1.79 bits per heavy atom. The van der Waals surface area contributed by atoms with E-state index in [2.05, 4.69) is 10.3 Å². The van der Waals surface area contributed by atoms with Crippen molar-refractivity contribution in [1.82, 2.24) is 4.98 Å². The molecule has 0 fully saturated rings. The first-order chi connectivity index (χ1) is 13.8. The average molecular weight is 431 g/mol. The van der Waals surface area contributed by atoms with Crippen LogP contribution in [0.4, 0.5) is 5.13 Å². The minimum absolute atomic E-state index is 0.140. The number of sulfone groups is 1. The van der Waals surface area contributed by atoms with Crippen LogP contribution in [0.5, 0.6) is 5.75 Å². The zero-order chi connectivity index (χ0) is 21.0. The third-order valence-electron chi connectivity index (χ3n) is 4.36. The van der Waals surface area contributed by atoms with E-state index in [0.29, 0.717) is 16.6 Å². The zero-order valence-corrected chi connectivity index (χ0v) is 18.1. The van der Waals surface area contributed by atoms with Gasteiger partial charge in [0.05, 0.1) is 23.5 Å². The van der Waals surface area contributed by atoms with Crippen LogP contribution >= 0.6 is 11.3 Å². The maximum absolute atomic E-state index is 12.4. The summed E-state index contributed by atoms with van der Waals surface area (Å²) in [6.07, 6.45) is -0.140. The van der Waals surface area contributed by atoms with Gasteiger partial charge in [-0.3, -0.25) is 4.79 Å². The summed E-state index contributed by atoms with van der Waals surface area (Å²) < 4.78 is 30.2. The molecule has 0 aliphatic carbocycles. The largest absolute Gasteiger partial charge is 0.496 e. The maximum Gasteiger partial charge on any atom is 0.227 e. The van der Waals surface area contributed by atoms with Crippen molar-refractivity contribution < 1.29 is 17.9 Å². The van der Waals surface area contributed by atoms with Crippen LogP contribution in [-0.2, 0) is 14.6 Å². The number of ether oxygens (including phenoxy) is 1. The maximum atomic E-state index is 12.4. The van der Waals surface area contributed by atoms with Crippen LogP contribution < -0.4 is 10.1 Å². The number of methoxy groups -OCH3 is 1. The molecule has 0 radical (unpaired) electrons. The van der Waals surface area contributed by atoms with Crippen LogP contribution in [0.15, 0.2) is 52.7 Å². The molecule has 0 aliphatic rings. The van der Waals surface area contributed by atoms with Crippen molar-refractivity contribution in [2.24, 2.45) is 0 Å². The van der Waals surface area contributed by atoms with Gasteiger partial charge in [0.2, 0.25) is 5.91 Å². The molecule has 0 saturated heterocycles. The zero-order valence-electron chi connectivity index (χ0n) is 16.4. The third-order valence-corrected chi connectivity index (χ3v) is 6.85. The summed E-state index contributed by atoms with van der Waals surface area (Å²) in [5.74, 6) is 0.0482. The number of thiazole rings is 1. The van der Waals surface area contributed by atoms with E-state index in [4.69, 9.17) is 4.74 Å². The van der Waals surface area contributed by atoms with Gasteiger partial charge in [0.1, 0.15) is 5.75 Å². The summed E-state index contributed by atoms with van der Waals surface area (Å²) in [6.45, 7) is 3.87. The van der Waals surface area contributed by atoms with Gasteiger partial charge in [0.15, 0.2) is 15.0 Å². The normalized spacial score (nSPS) is 11.3. The van der Waals surface area contributed by atoms with E-state index < -0.39 is 15.7 Å². The van der Waals surface area contributed by atoms with Gasteiger partial charge in [-0.05, 0) is 38.1 Å². The number of amides is 1. The lowest BCUT2D eigenvalue weighted by Crippen LogP contribution is -2.17. The second-order valence-corrected chi connectivity index (χ2v) is 9.64. The van der Waals surface area contributed by atoms with E-state index in [1.807, 2.05) is 37.4 Å². The Bertz CT molecular complexity index is 1120. The summed E-state index contributed by atoms with van der Waals surface area (Å²) in [5.41, 5.74) is 3.58. The number of nitrogens with zero attached hydrogens (tertiary/aromatic N) is 1. The minimum Gasteiger partial charge on any atom is -0.496 e. The number of anilines is 1. The number of aromatic nitrogens is 1. The number of aryl methyl sites for hydroxylation is 2. The molecule has 2 aromatic carbocycles. The number of benzene rings is 2. The van der Waals surface area contributed by atoms with Gasteiger partial charge in [0.25, 0.3) is 0 Å². The fourth-order valence-electron chi connectivity index (χ4n) is 2.75. The first-order valence-corrected chi connectivity index (χ1v) is 11.5. The van der Waals surface area contributed by atoms with Crippen molar-refractivity contribution in [3.63, 3.8) is 0 Å². The van der Waals surface area contributed by atoms with Crippen LogP contribution in [-0.4, -0.2) is 32.2 Å². The summed E-state index contributed by atoms with van der Waals surface area (Å²) in [4.78, 5) is 16.9. The summed E-state index contributed by atoms with van der Waals surface area (Å²) >= 11 is 1.28. The smallest absolute Gasteiger partial charge is 0.227 e. The van der Waals surface area contributed by atoms with Crippen LogP contribution in [0.2, 0.25) is 0 Å². The Hall–Kier alpha value is -2.71. The molecule has 6 nitrogen and oxygen atoms in total. The van der Waals surface area contributed by atoms with Gasteiger partial charge in [-0.15, -0.1) is 11.3 Å². The number of carbonyl (C=O) groups is 1. The van der Waals surface area contributed by atoms with E-state index in [-0.39, 0.29) is 17.1 Å². The molecule has 1 N–H and O–H groups in total. The van der Waals surface area contributed by atoms with Crippen LogP contribution in [0, 0.1) is 13.8 Å². The number of hydrogen-bond donors (Lipinski definition) is 1. The fourth-order valence-corrected chi connectivity index (χ4v) is 4.72. The quantitative estimate of drug-likeness (QED) is 0.606. The van der Waals surface area contributed by atoms with Crippen molar-refractivity contribution in [3.05, 3.63) is 59.0 Å². The standard InChI is InChI=1S/C21H22N2O4S2/c1-14-4-7-16(8-5-14)29(25,26)11-10-20(24)23-21-22-18(13-28-21)17-12-15(2)6-9-19(17)27-3/h4-9,12-13H,10-11H2,1-3H3,(H,22,23,24). The second kappa shape index (κ2) is 8.75. The minimum atomic E-state index is -3.51. The van der Waals surface area contributed by atoms with Gasteiger partial charge in [0, 0.05) is 17.4 Å². The van der Waals surface area contributed by atoms with Crippen LogP contribution in [0.25, 0.3) is 11.3 Å². The van der Waals surface area contributed by atoms with E-state index in [0.717, 1.165) is 16.7 Å². The van der Waals surface area contributed by atoms with Gasteiger partial charge >= 0.3 is 0 Å². The van der Waals surface area contributed by atoms with Crippen molar-refractivity contribution in [3.8, 4) is 17.0 Å². The highest BCUT2D eigenvalue weighted by Crippen LogP contribution is 2.33. The molecule has 29 heavy (non-hydrogen) atoms. The van der Waals surface area contributed by atoms with Gasteiger partial charge < -0.3 is 10.1 Å². The van der Waals surface area contributed by atoms with Gasteiger partial charge in [-0.25, -0.2) is 13.4 Å². The summed E-state index contributed by atoms with van der Waals surface area (Å²) in [5, 5.41) is 4.93. The number of hydrogen-bond acceptors (Lipinski definition) is 6. The van der Waals surface area contributed by atoms with E-state index in [1.165, 1.54) is 11.3 Å². The monoisotopic (exact) mass is 430 g/mol. The topological polar surface area (TPSA) is 85.4 Å². The predicted molar refractivity (Wildman–Crippen MR) is 115 cm³/mol. The number of rotatable bonds is 7. The van der Waals surface area contributed by atoms with Crippen molar-refractivity contribution in [1.29, 1.82) is 0 Å². The first-order valence-electron chi connectivity index (χ1n) is 8.98. The number of nitrogens with one attached hydrogen (secondary N) is 1. The molecule has 0 saturated carbocycles. The predicted octanol–water partition coefficient (Wildman–Crippen LogP) is 4.24. The summed E-state index contributed by atoms with van der Waals surface area (Å²) in [7, 11) is -1.92. The Balaban J connectivity index is 1.65. The van der Waals surface area contributed by atoms with Crippen LogP contribution in [0.3, 0.4) is 0 Å². The van der Waals surface area contributed by atoms with Crippen LogP contribution in [0.1, 0.15) is 17.5 Å². The molecule has 3 aromatic rings. The highest BCUT2D eigenvalue weighted by Gasteiger charge is 2.17. The van der Waals surface area contributed by atoms with E-state index >= 15 is 0 Å². The fraction of sp³-hybridized carbons (Fsp3) is 0.238. The lowest BCUT2D eigenvalue weighted by atomic mass is 10.1. The number of carbonyl (C=O) groups excluding carboxylic acids is 1. The lowest BCUT2D eigenvalue weighted by molar-refractivity contribution is -0.115. The first kappa shape index (κ1) is 21.0.